The summed E-state index contributed by atoms with van der Waals surface area (Å²) in [5.41, 5.74) is 8.19. The van der Waals surface area contributed by atoms with E-state index in [-0.39, 0.29) is 18.9 Å². The fourth-order valence-corrected chi connectivity index (χ4v) is 3.38. The van der Waals surface area contributed by atoms with E-state index in [0.29, 0.717) is 11.3 Å². The maximum atomic E-state index is 13.2. The van der Waals surface area contributed by atoms with Crippen LogP contribution in [0, 0.1) is 5.92 Å². The van der Waals surface area contributed by atoms with Crippen LogP contribution in [-0.4, -0.2) is 37.0 Å². The predicted molar refractivity (Wildman–Crippen MR) is 108 cm³/mol. The Bertz CT molecular complexity index is 962. The van der Waals surface area contributed by atoms with Gasteiger partial charge in [0.2, 0.25) is 0 Å². The van der Waals surface area contributed by atoms with Gasteiger partial charge in [0.15, 0.2) is 5.78 Å². The minimum absolute atomic E-state index is 0.136. The van der Waals surface area contributed by atoms with Gasteiger partial charge in [0, 0.05) is 29.7 Å². The molecule has 146 valence electrons. The molecule has 0 saturated carbocycles. The molecule has 3 rings (SSSR count). The second-order valence-electron chi connectivity index (χ2n) is 6.49. The molecule has 3 aromatic rings. The molecular formula is C22H24N2O4. The number of esters is 1. The van der Waals surface area contributed by atoms with E-state index in [1.54, 1.807) is 38.3 Å². The number of ketones is 1. The molecule has 0 aliphatic heterocycles. The van der Waals surface area contributed by atoms with Gasteiger partial charge in [0.25, 0.3) is 0 Å². The first-order valence-corrected chi connectivity index (χ1v) is 9.21. The molecule has 2 unspecified atom stereocenters. The number of H-pyrrole nitrogens is 1. The molecule has 0 aliphatic rings. The molecule has 0 saturated heterocycles. The molecule has 3 N–H and O–H groups in total. The van der Waals surface area contributed by atoms with Crippen LogP contribution in [0.5, 0.6) is 5.75 Å². The van der Waals surface area contributed by atoms with E-state index in [1.807, 2.05) is 30.5 Å². The first kappa shape index (κ1) is 19.6. The average Bonchev–Trinajstić information content (AvgIpc) is 3.19. The number of benzene rings is 2. The van der Waals surface area contributed by atoms with Crippen molar-refractivity contribution in [3.63, 3.8) is 0 Å². The SMILES string of the molecule is CCOC(=O)C(C(=O)c1ccc(OC)cc1)C(CN)c1ccc2cc[nH]c2c1. The molecule has 0 spiro atoms. The summed E-state index contributed by atoms with van der Waals surface area (Å²) in [4.78, 5) is 29.1. The van der Waals surface area contributed by atoms with Crippen molar-refractivity contribution in [3.8, 4) is 5.75 Å². The van der Waals surface area contributed by atoms with Crippen LogP contribution in [-0.2, 0) is 9.53 Å². The number of ether oxygens (including phenoxy) is 2. The van der Waals surface area contributed by atoms with E-state index < -0.39 is 17.8 Å². The number of carbonyl (C=O) groups excluding carboxylic acids is 2. The van der Waals surface area contributed by atoms with Crippen molar-refractivity contribution in [2.45, 2.75) is 12.8 Å². The summed E-state index contributed by atoms with van der Waals surface area (Å²) in [6.45, 7) is 2.05. The maximum Gasteiger partial charge on any atom is 0.317 e. The van der Waals surface area contributed by atoms with Crippen molar-refractivity contribution in [1.29, 1.82) is 0 Å². The summed E-state index contributed by atoms with van der Waals surface area (Å²) in [6, 6.07) is 14.4. The van der Waals surface area contributed by atoms with Crippen molar-refractivity contribution in [1.82, 2.24) is 4.98 Å². The van der Waals surface area contributed by atoms with Gasteiger partial charge in [-0.1, -0.05) is 12.1 Å². The van der Waals surface area contributed by atoms with Gasteiger partial charge in [-0.2, -0.15) is 0 Å². The largest absolute Gasteiger partial charge is 0.497 e. The number of rotatable bonds is 8. The van der Waals surface area contributed by atoms with Gasteiger partial charge in [-0.3, -0.25) is 9.59 Å². The Kier molecular flexibility index (Phi) is 6.11. The third kappa shape index (κ3) is 3.92. The van der Waals surface area contributed by atoms with Crippen LogP contribution in [0.3, 0.4) is 0 Å². The van der Waals surface area contributed by atoms with Crippen LogP contribution >= 0.6 is 0 Å². The van der Waals surface area contributed by atoms with Gasteiger partial charge in [-0.25, -0.2) is 0 Å². The van der Waals surface area contributed by atoms with Gasteiger partial charge >= 0.3 is 5.97 Å². The highest BCUT2D eigenvalue weighted by Crippen LogP contribution is 2.30. The lowest BCUT2D eigenvalue weighted by Crippen LogP contribution is -2.35. The van der Waals surface area contributed by atoms with Crippen LogP contribution < -0.4 is 10.5 Å². The zero-order chi connectivity index (χ0) is 20.1. The summed E-state index contributed by atoms with van der Waals surface area (Å²) in [7, 11) is 1.56. The monoisotopic (exact) mass is 380 g/mol. The third-order valence-electron chi connectivity index (χ3n) is 4.86. The number of fused-ring (bicyclic) bond motifs is 1. The number of aromatic amines is 1. The fraction of sp³-hybridized carbons (Fsp3) is 0.273. The maximum absolute atomic E-state index is 13.2. The number of carbonyl (C=O) groups is 2. The number of aromatic nitrogens is 1. The van der Waals surface area contributed by atoms with E-state index in [9.17, 15) is 9.59 Å². The normalized spacial score (nSPS) is 13.1. The Labute approximate surface area is 163 Å². The number of hydrogen-bond donors (Lipinski definition) is 2. The molecule has 0 fully saturated rings. The highest BCUT2D eigenvalue weighted by Gasteiger charge is 2.37. The lowest BCUT2D eigenvalue weighted by atomic mass is 9.81. The van der Waals surface area contributed by atoms with Gasteiger partial charge in [-0.05, 0) is 54.3 Å². The van der Waals surface area contributed by atoms with Crippen LogP contribution in [0.4, 0.5) is 0 Å². The van der Waals surface area contributed by atoms with Crippen molar-refractivity contribution < 1.29 is 19.1 Å². The fourth-order valence-electron chi connectivity index (χ4n) is 3.38. The van der Waals surface area contributed by atoms with Crippen LogP contribution in [0.1, 0.15) is 28.8 Å². The number of nitrogens with two attached hydrogens (primary N) is 1. The summed E-state index contributed by atoms with van der Waals surface area (Å²) in [5, 5.41) is 1.05. The molecule has 1 heterocycles. The van der Waals surface area contributed by atoms with Gasteiger partial charge in [-0.15, -0.1) is 0 Å². The molecule has 6 nitrogen and oxygen atoms in total. The van der Waals surface area contributed by atoms with E-state index in [4.69, 9.17) is 15.2 Å². The topological polar surface area (TPSA) is 94.4 Å². The smallest absolute Gasteiger partial charge is 0.317 e. The molecule has 0 bridgehead atoms. The number of methoxy groups -OCH3 is 1. The molecule has 2 atom stereocenters. The predicted octanol–water partition coefficient (Wildman–Crippen LogP) is 3.28. The van der Waals surface area contributed by atoms with Gasteiger partial charge in [0.05, 0.1) is 13.7 Å². The molecule has 1 aromatic heterocycles. The minimum atomic E-state index is -1.02. The van der Waals surface area contributed by atoms with E-state index in [2.05, 4.69) is 4.98 Å². The highest BCUT2D eigenvalue weighted by molar-refractivity contribution is 6.09. The molecular weight excluding hydrogens is 356 g/mol. The first-order valence-electron chi connectivity index (χ1n) is 9.21. The summed E-state index contributed by atoms with van der Waals surface area (Å²) in [5.74, 6) is -1.77. The number of nitrogens with one attached hydrogen (secondary N) is 1. The molecule has 28 heavy (non-hydrogen) atoms. The van der Waals surface area contributed by atoms with Crippen molar-refractivity contribution in [3.05, 3.63) is 65.9 Å². The number of Topliss-reactive ketones (excluding diaryl/α,β-unsaturated/α-hetero) is 1. The lowest BCUT2D eigenvalue weighted by Gasteiger charge is -2.24. The molecule has 0 radical (unpaired) electrons. The van der Waals surface area contributed by atoms with E-state index >= 15 is 0 Å². The Morgan fingerprint density at radius 3 is 2.50 bits per heavy atom. The van der Waals surface area contributed by atoms with Crippen LogP contribution in [0.25, 0.3) is 10.9 Å². The lowest BCUT2D eigenvalue weighted by molar-refractivity contribution is -0.146. The zero-order valence-corrected chi connectivity index (χ0v) is 16.0. The summed E-state index contributed by atoms with van der Waals surface area (Å²) < 4.78 is 10.4. The first-order chi connectivity index (χ1) is 13.6. The summed E-state index contributed by atoms with van der Waals surface area (Å²) >= 11 is 0. The Hall–Kier alpha value is -3.12. The van der Waals surface area contributed by atoms with Crippen molar-refractivity contribution in [2.24, 2.45) is 11.7 Å². The molecule has 2 aromatic carbocycles. The van der Waals surface area contributed by atoms with E-state index in [0.717, 1.165) is 16.5 Å². The minimum Gasteiger partial charge on any atom is -0.497 e. The van der Waals surface area contributed by atoms with Gasteiger partial charge < -0.3 is 20.2 Å². The van der Waals surface area contributed by atoms with E-state index in [1.165, 1.54) is 0 Å². The Morgan fingerprint density at radius 2 is 1.86 bits per heavy atom. The highest BCUT2D eigenvalue weighted by atomic mass is 16.5. The molecule has 0 amide bonds. The second-order valence-corrected chi connectivity index (χ2v) is 6.49. The Balaban J connectivity index is 2.00. The standard InChI is InChI=1S/C22H24N2O4/c1-3-28-22(26)20(21(25)15-6-8-17(27-2)9-7-15)18(13-23)16-5-4-14-10-11-24-19(14)12-16/h4-12,18,20,24H,3,13,23H2,1-2H3. The van der Waals surface area contributed by atoms with Crippen LogP contribution in [0.15, 0.2) is 54.7 Å². The summed E-state index contributed by atoms with van der Waals surface area (Å²) in [6.07, 6.45) is 1.84. The van der Waals surface area contributed by atoms with Crippen molar-refractivity contribution >= 4 is 22.7 Å². The third-order valence-corrected chi connectivity index (χ3v) is 4.86. The molecule has 0 aliphatic carbocycles. The van der Waals surface area contributed by atoms with Gasteiger partial charge in [0.1, 0.15) is 11.7 Å². The number of hydrogen-bond acceptors (Lipinski definition) is 5. The Morgan fingerprint density at radius 1 is 1.11 bits per heavy atom. The average molecular weight is 380 g/mol. The van der Waals surface area contributed by atoms with Crippen LogP contribution in [0.2, 0.25) is 0 Å². The quantitative estimate of drug-likeness (QED) is 0.355. The van der Waals surface area contributed by atoms with Crippen molar-refractivity contribution in [2.75, 3.05) is 20.3 Å². The molecule has 6 heteroatoms. The second kappa shape index (κ2) is 8.71. The zero-order valence-electron chi connectivity index (χ0n) is 16.0.